The SMILES string of the molecule is Cc1nn(C)c(C)c1CCCN(C)c1ccc(C(=O)O)cc1NC(=O)c1ccc(F)cc1. The third kappa shape index (κ3) is 5.14. The number of rotatable bonds is 8. The molecule has 0 fully saturated rings. The van der Waals surface area contributed by atoms with Gasteiger partial charge in [-0.15, -0.1) is 0 Å². The molecule has 7 nitrogen and oxygen atoms in total. The van der Waals surface area contributed by atoms with Gasteiger partial charge in [-0.05, 0) is 74.7 Å². The van der Waals surface area contributed by atoms with Gasteiger partial charge in [0.05, 0.1) is 22.6 Å². The molecule has 0 aliphatic heterocycles. The van der Waals surface area contributed by atoms with Gasteiger partial charge in [0.25, 0.3) is 5.91 Å². The molecule has 8 heteroatoms. The molecule has 2 N–H and O–H groups in total. The van der Waals surface area contributed by atoms with Crippen LogP contribution in [-0.2, 0) is 13.5 Å². The van der Waals surface area contributed by atoms with Crippen LogP contribution in [0, 0.1) is 19.7 Å². The number of nitrogens with one attached hydrogen (secondary N) is 1. The van der Waals surface area contributed by atoms with Crippen molar-refractivity contribution in [3.8, 4) is 0 Å². The summed E-state index contributed by atoms with van der Waals surface area (Å²) in [6.07, 6.45) is 1.72. The topological polar surface area (TPSA) is 87.5 Å². The number of aryl methyl sites for hydroxylation is 2. The van der Waals surface area contributed by atoms with Crippen molar-refractivity contribution in [2.45, 2.75) is 26.7 Å². The van der Waals surface area contributed by atoms with E-state index in [4.69, 9.17) is 0 Å². The second kappa shape index (κ2) is 9.64. The summed E-state index contributed by atoms with van der Waals surface area (Å²) in [5.74, 6) is -1.96. The first-order valence-electron chi connectivity index (χ1n) is 10.3. The number of hydrogen-bond acceptors (Lipinski definition) is 4. The largest absolute Gasteiger partial charge is 0.478 e. The molecule has 0 spiro atoms. The van der Waals surface area contributed by atoms with Crippen LogP contribution in [0.15, 0.2) is 42.5 Å². The number of hydrogen-bond donors (Lipinski definition) is 2. The minimum Gasteiger partial charge on any atom is -0.478 e. The normalized spacial score (nSPS) is 10.8. The van der Waals surface area contributed by atoms with Crippen LogP contribution in [0.5, 0.6) is 0 Å². The number of anilines is 2. The van der Waals surface area contributed by atoms with Crippen molar-refractivity contribution in [2.75, 3.05) is 23.8 Å². The first-order valence-corrected chi connectivity index (χ1v) is 10.3. The van der Waals surface area contributed by atoms with Gasteiger partial charge in [-0.3, -0.25) is 9.48 Å². The van der Waals surface area contributed by atoms with Crippen LogP contribution < -0.4 is 10.2 Å². The highest BCUT2D eigenvalue weighted by molar-refractivity contribution is 6.06. The third-order valence-corrected chi connectivity index (χ3v) is 5.59. The number of amides is 1. The highest BCUT2D eigenvalue weighted by Gasteiger charge is 2.16. The van der Waals surface area contributed by atoms with Gasteiger partial charge in [0.2, 0.25) is 0 Å². The Morgan fingerprint density at radius 1 is 1.12 bits per heavy atom. The molecule has 1 amide bonds. The lowest BCUT2D eigenvalue weighted by molar-refractivity contribution is 0.0696. The predicted octanol–water partition coefficient (Wildman–Crippen LogP) is 4.20. The molecule has 0 unspecified atom stereocenters. The van der Waals surface area contributed by atoms with E-state index in [2.05, 4.69) is 10.4 Å². The molecule has 0 bridgehead atoms. The summed E-state index contributed by atoms with van der Waals surface area (Å²) in [5.41, 5.74) is 4.82. The van der Waals surface area contributed by atoms with Crippen molar-refractivity contribution in [1.29, 1.82) is 0 Å². The number of halogens is 1. The van der Waals surface area contributed by atoms with E-state index in [0.29, 0.717) is 17.9 Å². The third-order valence-electron chi connectivity index (χ3n) is 5.59. The number of carbonyl (C=O) groups is 2. The van der Waals surface area contributed by atoms with Crippen LogP contribution in [0.1, 0.15) is 44.1 Å². The number of nitrogens with zero attached hydrogens (tertiary/aromatic N) is 3. The van der Waals surface area contributed by atoms with E-state index in [9.17, 15) is 19.1 Å². The summed E-state index contributed by atoms with van der Waals surface area (Å²) in [4.78, 5) is 26.1. The molecule has 0 radical (unpaired) electrons. The Balaban J connectivity index is 1.77. The molecular weight excluding hydrogens is 411 g/mol. The Labute approximate surface area is 186 Å². The molecule has 0 aliphatic carbocycles. The molecule has 3 rings (SSSR count). The van der Waals surface area contributed by atoms with Crippen LogP contribution in [0.25, 0.3) is 0 Å². The predicted molar refractivity (Wildman–Crippen MR) is 122 cm³/mol. The first-order chi connectivity index (χ1) is 15.2. The van der Waals surface area contributed by atoms with Gasteiger partial charge in [0.1, 0.15) is 5.82 Å². The molecule has 32 heavy (non-hydrogen) atoms. The van der Waals surface area contributed by atoms with Crippen molar-refractivity contribution < 1.29 is 19.1 Å². The smallest absolute Gasteiger partial charge is 0.335 e. The molecule has 168 valence electrons. The fraction of sp³-hybridized carbons (Fsp3) is 0.292. The maximum atomic E-state index is 13.2. The molecule has 1 aromatic heterocycles. The monoisotopic (exact) mass is 438 g/mol. The molecular formula is C24H27FN4O3. The fourth-order valence-electron chi connectivity index (χ4n) is 3.69. The molecule has 2 aromatic carbocycles. The first kappa shape index (κ1) is 23.0. The standard InChI is InChI=1S/C24H27FN4O3/c1-15-20(16(2)29(4)27-15)6-5-13-28(3)22-12-9-18(24(31)32)14-21(22)26-23(30)17-7-10-19(25)11-8-17/h7-12,14H,5-6,13H2,1-4H3,(H,26,30)(H,31,32). The maximum Gasteiger partial charge on any atom is 0.335 e. The summed E-state index contributed by atoms with van der Waals surface area (Å²) in [6, 6.07) is 9.81. The van der Waals surface area contributed by atoms with E-state index in [1.54, 1.807) is 6.07 Å². The number of benzene rings is 2. The van der Waals surface area contributed by atoms with E-state index < -0.39 is 17.7 Å². The Kier molecular flexibility index (Phi) is 6.92. The molecule has 3 aromatic rings. The van der Waals surface area contributed by atoms with Crippen LogP contribution in [0.4, 0.5) is 15.8 Å². The van der Waals surface area contributed by atoms with Gasteiger partial charge in [-0.2, -0.15) is 5.10 Å². The lowest BCUT2D eigenvalue weighted by atomic mass is 10.1. The van der Waals surface area contributed by atoms with E-state index in [1.165, 1.54) is 42.0 Å². The summed E-state index contributed by atoms with van der Waals surface area (Å²) in [6.45, 7) is 4.74. The van der Waals surface area contributed by atoms with E-state index >= 15 is 0 Å². The van der Waals surface area contributed by atoms with E-state index in [0.717, 1.165) is 24.2 Å². The summed E-state index contributed by atoms with van der Waals surface area (Å²) in [5, 5.41) is 16.6. The fourth-order valence-corrected chi connectivity index (χ4v) is 3.69. The number of aromatic nitrogens is 2. The van der Waals surface area contributed by atoms with Crippen LogP contribution in [0.3, 0.4) is 0 Å². The van der Waals surface area contributed by atoms with Gasteiger partial charge < -0.3 is 15.3 Å². The van der Waals surface area contributed by atoms with Crippen molar-refractivity contribution in [3.63, 3.8) is 0 Å². The zero-order valence-electron chi connectivity index (χ0n) is 18.6. The second-order valence-corrected chi connectivity index (χ2v) is 7.80. The number of carboxylic acid groups (broad SMARTS) is 1. The zero-order chi connectivity index (χ0) is 23.4. The lowest BCUT2D eigenvalue weighted by Gasteiger charge is -2.23. The highest BCUT2D eigenvalue weighted by atomic mass is 19.1. The van der Waals surface area contributed by atoms with E-state index in [1.807, 2.05) is 37.5 Å². The summed E-state index contributed by atoms with van der Waals surface area (Å²) < 4.78 is 15.0. The molecule has 0 aliphatic rings. The minimum atomic E-state index is -1.08. The molecule has 0 saturated carbocycles. The van der Waals surface area contributed by atoms with Crippen LogP contribution >= 0.6 is 0 Å². The van der Waals surface area contributed by atoms with Crippen molar-refractivity contribution in [3.05, 3.63) is 76.4 Å². The van der Waals surface area contributed by atoms with Crippen LogP contribution in [0.2, 0.25) is 0 Å². The Morgan fingerprint density at radius 2 is 1.78 bits per heavy atom. The molecule has 1 heterocycles. The average Bonchev–Trinajstić information content (AvgIpc) is 2.99. The number of carbonyl (C=O) groups excluding carboxylic acids is 1. The van der Waals surface area contributed by atoms with Gasteiger partial charge in [0.15, 0.2) is 0 Å². The Bertz CT molecular complexity index is 1140. The van der Waals surface area contributed by atoms with Gasteiger partial charge >= 0.3 is 5.97 Å². The molecule has 0 atom stereocenters. The second-order valence-electron chi connectivity index (χ2n) is 7.80. The maximum absolute atomic E-state index is 13.2. The summed E-state index contributed by atoms with van der Waals surface area (Å²) in [7, 11) is 3.82. The quantitative estimate of drug-likeness (QED) is 0.551. The van der Waals surface area contributed by atoms with Gasteiger partial charge in [0, 0.05) is 31.9 Å². The summed E-state index contributed by atoms with van der Waals surface area (Å²) >= 11 is 0. The van der Waals surface area contributed by atoms with Gasteiger partial charge in [-0.1, -0.05) is 0 Å². The molecule has 0 saturated heterocycles. The lowest BCUT2D eigenvalue weighted by Crippen LogP contribution is -2.22. The minimum absolute atomic E-state index is 0.0677. The number of aromatic carboxylic acids is 1. The Morgan fingerprint density at radius 3 is 2.38 bits per heavy atom. The van der Waals surface area contributed by atoms with Crippen molar-refractivity contribution in [2.24, 2.45) is 7.05 Å². The average molecular weight is 439 g/mol. The van der Waals surface area contributed by atoms with Crippen molar-refractivity contribution >= 4 is 23.3 Å². The number of carboxylic acids is 1. The zero-order valence-corrected chi connectivity index (χ0v) is 18.6. The van der Waals surface area contributed by atoms with E-state index in [-0.39, 0.29) is 11.1 Å². The Hall–Kier alpha value is -3.68. The highest BCUT2D eigenvalue weighted by Crippen LogP contribution is 2.28. The van der Waals surface area contributed by atoms with Gasteiger partial charge in [-0.25, -0.2) is 9.18 Å². The van der Waals surface area contributed by atoms with Crippen molar-refractivity contribution in [1.82, 2.24) is 9.78 Å². The van der Waals surface area contributed by atoms with Crippen LogP contribution in [-0.4, -0.2) is 40.4 Å².